The minimum absolute atomic E-state index is 0.184. The molecular formula is C15H20O5S2. The van der Waals surface area contributed by atoms with Gasteiger partial charge in [0, 0.05) is 0 Å². The molecule has 22 heavy (non-hydrogen) atoms. The molecule has 122 valence electrons. The third-order valence-electron chi connectivity index (χ3n) is 3.67. The number of ether oxygens (including phenoxy) is 1. The van der Waals surface area contributed by atoms with E-state index in [0.29, 0.717) is 0 Å². The van der Waals surface area contributed by atoms with E-state index in [4.69, 9.17) is 4.74 Å². The molecule has 0 amide bonds. The lowest BCUT2D eigenvalue weighted by Gasteiger charge is -2.22. The topological polar surface area (TPSA) is 77.5 Å². The molecule has 0 bridgehead atoms. The van der Waals surface area contributed by atoms with E-state index >= 15 is 0 Å². The second-order valence-electron chi connectivity index (χ2n) is 5.43. The Bertz CT molecular complexity index is 733. The fourth-order valence-corrected chi connectivity index (χ4v) is 7.38. The summed E-state index contributed by atoms with van der Waals surface area (Å²) in [5.41, 5.74) is 1.95. The zero-order chi connectivity index (χ0) is 16.2. The highest BCUT2D eigenvalue weighted by molar-refractivity contribution is 7.98. The van der Waals surface area contributed by atoms with Gasteiger partial charge in [0.15, 0.2) is 19.7 Å². The first-order valence-corrected chi connectivity index (χ1v) is 10.6. The van der Waals surface area contributed by atoms with Gasteiger partial charge in [-0.05, 0) is 24.5 Å². The van der Waals surface area contributed by atoms with Gasteiger partial charge in [-0.1, -0.05) is 30.3 Å². The van der Waals surface area contributed by atoms with Crippen LogP contribution in [0.1, 0.15) is 18.9 Å². The second kappa shape index (κ2) is 6.83. The van der Waals surface area contributed by atoms with Crippen LogP contribution >= 0.6 is 0 Å². The minimum Gasteiger partial charge on any atom is -0.501 e. The highest BCUT2D eigenvalue weighted by atomic mass is 32.2. The summed E-state index contributed by atoms with van der Waals surface area (Å²) in [6.07, 6.45) is 1.78. The molecule has 0 aromatic heterocycles. The molecule has 7 heteroatoms. The van der Waals surface area contributed by atoms with Gasteiger partial charge in [-0.15, -0.1) is 0 Å². The lowest BCUT2D eigenvalue weighted by atomic mass is 10.1. The van der Waals surface area contributed by atoms with Crippen LogP contribution in [0.3, 0.4) is 0 Å². The summed E-state index contributed by atoms with van der Waals surface area (Å²) in [5.74, 6) is -0.835. The SMILES string of the molecule is C/C(=C/OCCC1CS(=O)(=O)CCS1(=O)=O)c1ccccc1. The molecule has 1 saturated heterocycles. The summed E-state index contributed by atoms with van der Waals surface area (Å²) in [6, 6.07) is 9.67. The highest BCUT2D eigenvalue weighted by Crippen LogP contribution is 2.18. The molecule has 5 nitrogen and oxygen atoms in total. The van der Waals surface area contributed by atoms with Gasteiger partial charge in [-0.3, -0.25) is 0 Å². The molecule has 1 aromatic carbocycles. The van der Waals surface area contributed by atoms with Crippen molar-refractivity contribution in [1.82, 2.24) is 0 Å². The molecule has 1 unspecified atom stereocenters. The van der Waals surface area contributed by atoms with Crippen LogP contribution in [0.5, 0.6) is 0 Å². The van der Waals surface area contributed by atoms with Crippen LogP contribution in [-0.4, -0.2) is 46.0 Å². The Balaban J connectivity index is 1.90. The van der Waals surface area contributed by atoms with Gasteiger partial charge < -0.3 is 4.74 Å². The predicted molar refractivity (Wildman–Crippen MR) is 86.9 cm³/mol. The number of hydrogen-bond donors (Lipinski definition) is 0. The second-order valence-corrected chi connectivity index (χ2v) is 10.1. The van der Waals surface area contributed by atoms with Gasteiger partial charge in [0.25, 0.3) is 0 Å². The van der Waals surface area contributed by atoms with E-state index in [1.807, 2.05) is 37.3 Å². The number of sulfone groups is 2. The molecule has 1 heterocycles. The third-order valence-corrected chi connectivity index (χ3v) is 8.07. The first-order chi connectivity index (χ1) is 10.3. The van der Waals surface area contributed by atoms with Crippen molar-refractivity contribution in [3.8, 4) is 0 Å². The average molecular weight is 344 g/mol. The normalized spacial score (nSPS) is 23.9. The van der Waals surface area contributed by atoms with Crippen molar-refractivity contribution < 1.29 is 21.6 Å². The number of rotatable bonds is 5. The van der Waals surface area contributed by atoms with Gasteiger partial charge in [-0.2, -0.15) is 0 Å². The van der Waals surface area contributed by atoms with Crippen molar-refractivity contribution in [1.29, 1.82) is 0 Å². The zero-order valence-corrected chi connectivity index (χ0v) is 14.1. The van der Waals surface area contributed by atoms with Crippen molar-refractivity contribution in [2.75, 3.05) is 23.9 Å². The first-order valence-electron chi connectivity index (χ1n) is 7.06. The largest absolute Gasteiger partial charge is 0.501 e. The van der Waals surface area contributed by atoms with E-state index in [1.54, 1.807) is 6.26 Å². The van der Waals surface area contributed by atoms with E-state index < -0.39 is 24.9 Å². The molecule has 0 saturated carbocycles. The quantitative estimate of drug-likeness (QED) is 0.600. The van der Waals surface area contributed by atoms with Gasteiger partial charge in [0.05, 0.1) is 35.4 Å². The van der Waals surface area contributed by atoms with Gasteiger partial charge in [0.1, 0.15) is 0 Å². The van der Waals surface area contributed by atoms with Crippen LogP contribution < -0.4 is 0 Å². The molecule has 0 spiro atoms. The zero-order valence-electron chi connectivity index (χ0n) is 12.4. The van der Waals surface area contributed by atoms with Crippen molar-refractivity contribution >= 4 is 25.2 Å². The lowest BCUT2D eigenvalue weighted by molar-refractivity contribution is 0.245. The van der Waals surface area contributed by atoms with E-state index in [9.17, 15) is 16.8 Å². The number of hydrogen-bond acceptors (Lipinski definition) is 5. The van der Waals surface area contributed by atoms with Gasteiger partial charge >= 0.3 is 0 Å². The van der Waals surface area contributed by atoms with Crippen molar-refractivity contribution in [2.45, 2.75) is 18.6 Å². The predicted octanol–water partition coefficient (Wildman–Crippen LogP) is 1.67. The highest BCUT2D eigenvalue weighted by Gasteiger charge is 2.36. The molecule has 0 N–H and O–H groups in total. The maximum absolute atomic E-state index is 11.9. The van der Waals surface area contributed by atoms with Gasteiger partial charge in [0.2, 0.25) is 0 Å². The summed E-state index contributed by atoms with van der Waals surface area (Å²) in [6.45, 7) is 2.08. The molecule has 1 fully saturated rings. The van der Waals surface area contributed by atoms with E-state index in [0.717, 1.165) is 11.1 Å². The molecule has 1 aromatic rings. The van der Waals surface area contributed by atoms with E-state index in [1.165, 1.54) is 0 Å². The molecule has 0 aliphatic carbocycles. The van der Waals surface area contributed by atoms with Crippen LogP contribution in [0.2, 0.25) is 0 Å². The summed E-state index contributed by atoms with van der Waals surface area (Å²) in [5, 5.41) is -0.850. The number of allylic oxidation sites excluding steroid dienone is 1. The Morgan fingerprint density at radius 1 is 1.18 bits per heavy atom. The standard InChI is InChI=1S/C15H20O5S2/c1-13(14-5-3-2-4-6-14)11-20-8-7-15-12-21(16,17)9-10-22(15,18)19/h2-6,11,15H,7-10,12H2,1H3/b13-11-. The third kappa shape index (κ3) is 4.58. The van der Waals surface area contributed by atoms with E-state index in [2.05, 4.69) is 0 Å². The Morgan fingerprint density at radius 3 is 2.55 bits per heavy atom. The van der Waals surface area contributed by atoms with Crippen molar-refractivity contribution in [3.05, 3.63) is 42.2 Å². The molecule has 0 radical (unpaired) electrons. The van der Waals surface area contributed by atoms with Crippen LogP contribution in [0.4, 0.5) is 0 Å². The van der Waals surface area contributed by atoms with Crippen LogP contribution in [0.15, 0.2) is 36.6 Å². The monoisotopic (exact) mass is 344 g/mol. The summed E-state index contributed by atoms with van der Waals surface area (Å²) >= 11 is 0. The lowest BCUT2D eigenvalue weighted by Crippen LogP contribution is -2.40. The maximum Gasteiger partial charge on any atom is 0.155 e. The summed E-state index contributed by atoms with van der Waals surface area (Å²) in [4.78, 5) is 0. The molecule has 1 atom stereocenters. The fraction of sp³-hybridized carbons (Fsp3) is 0.467. The minimum atomic E-state index is -3.33. The van der Waals surface area contributed by atoms with Crippen molar-refractivity contribution in [3.63, 3.8) is 0 Å². The Kier molecular flexibility index (Phi) is 5.28. The van der Waals surface area contributed by atoms with Gasteiger partial charge in [-0.25, -0.2) is 16.8 Å². The Labute approximate surface area is 131 Å². The van der Waals surface area contributed by atoms with Crippen LogP contribution in [-0.2, 0) is 24.4 Å². The molecule has 1 aliphatic rings. The fourth-order valence-electron chi connectivity index (χ4n) is 2.30. The Hall–Kier alpha value is -1.34. The average Bonchev–Trinajstić information content (AvgIpc) is 2.48. The van der Waals surface area contributed by atoms with Crippen LogP contribution in [0.25, 0.3) is 5.57 Å². The van der Waals surface area contributed by atoms with Crippen LogP contribution in [0, 0.1) is 0 Å². The molecule has 2 rings (SSSR count). The maximum atomic E-state index is 11.9. The summed E-state index contributed by atoms with van der Waals surface area (Å²) in [7, 11) is -6.58. The summed E-state index contributed by atoms with van der Waals surface area (Å²) < 4.78 is 52.3. The number of benzene rings is 1. The molecule has 1 aliphatic heterocycles. The van der Waals surface area contributed by atoms with Crippen molar-refractivity contribution in [2.24, 2.45) is 0 Å². The molecular weight excluding hydrogens is 324 g/mol. The first kappa shape index (κ1) is 17.0. The smallest absolute Gasteiger partial charge is 0.155 e. The Morgan fingerprint density at radius 2 is 1.86 bits per heavy atom. The van der Waals surface area contributed by atoms with E-state index in [-0.39, 0.29) is 30.3 Å².